The van der Waals surface area contributed by atoms with Crippen LogP contribution in [0, 0.1) is 28.4 Å². The van der Waals surface area contributed by atoms with Crippen LogP contribution in [0.25, 0.3) is 6.08 Å². The van der Waals surface area contributed by atoms with Crippen molar-refractivity contribution in [3.63, 3.8) is 0 Å². The number of nitro benzene ring substituents is 1. The molecule has 2 aromatic rings. The molecule has 126 valence electrons. The average Bonchev–Trinajstić information content (AvgIpc) is 2.60. The highest BCUT2D eigenvalue weighted by molar-refractivity contribution is 5.92. The maximum atomic E-state index is 12.3. The zero-order valence-electron chi connectivity index (χ0n) is 13.6. The van der Waals surface area contributed by atoms with Gasteiger partial charge in [0, 0.05) is 17.7 Å². The number of nitro groups is 1. The van der Waals surface area contributed by atoms with Gasteiger partial charge in [-0.2, -0.15) is 5.26 Å². The van der Waals surface area contributed by atoms with Gasteiger partial charge in [-0.15, -0.1) is 0 Å². The highest BCUT2D eigenvalue weighted by Crippen LogP contribution is 2.29. The number of nitrogens with zero attached hydrogens (tertiary/aromatic N) is 2. The average molecular weight is 338 g/mol. The van der Waals surface area contributed by atoms with Gasteiger partial charge in [-0.05, 0) is 42.8 Å². The number of hydrogen-bond donors (Lipinski definition) is 0. The molecule has 0 N–H and O–H groups in total. The smallest absolute Gasteiger partial charge is 0.343 e. The Bertz CT molecular complexity index is 897. The molecule has 2 aromatic carbocycles. The van der Waals surface area contributed by atoms with Crippen LogP contribution in [0.3, 0.4) is 0 Å². The standard InChI is InChI=1S/C18H14N2O5/c1-12-10-14(6-7-15(12)20(22)23)18(21)25-16-8-5-13(4-3-9-19)11-17(16)24-2/h3-8,10-11H,1-2H3/b4-3-. The highest BCUT2D eigenvalue weighted by Gasteiger charge is 2.17. The fourth-order valence-corrected chi connectivity index (χ4v) is 2.15. The van der Waals surface area contributed by atoms with Crippen molar-refractivity contribution in [3.05, 3.63) is 69.3 Å². The Labute approximate surface area is 143 Å². The van der Waals surface area contributed by atoms with Gasteiger partial charge in [0.25, 0.3) is 5.69 Å². The van der Waals surface area contributed by atoms with Crippen LogP contribution in [0.5, 0.6) is 11.5 Å². The SMILES string of the molecule is COc1cc(/C=C\C#N)ccc1OC(=O)c1ccc([N+](=O)[O-])c(C)c1. The van der Waals surface area contributed by atoms with Gasteiger partial charge in [-0.25, -0.2) is 4.79 Å². The normalized spacial score (nSPS) is 10.3. The van der Waals surface area contributed by atoms with Crippen molar-refractivity contribution >= 4 is 17.7 Å². The zero-order valence-corrected chi connectivity index (χ0v) is 13.6. The Hall–Kier alpha value is -3.66. The van der Waals surface area contributed by atoms with E-state index in [1.165, 1.54) is 31.4 Å². The molecule has 0 saturated carbocycles. The van der Waals surface area contributed by atoms with Crippen LogP contribution in [0.15, 0.2) is 42.5 Å². The molecule has 0 amide bonds. The molecular formula is C18H14N2O5. The van der Waals surface area contributed by atoms with Gasteiger partial charge in [0.2, 0.25) is 0 Å². The summed E-state index contributed by atoms with van der Waals surface area (Å²) in [5.74, 6) is -0.124. The van der Waals surface area contributed by atoms with Crippen LogP contribution in [0.4, 0.5) is 5.69 Å². The molecule has 0 aliphatic rings. The Balaban J connectivity index is 2.26. The number of methoxy groups -OCH3 is 1. The summed E-state index contributed by atoms with van der Waals surface area (Å²) in [5.41, 5.74) is 1.20. The zero-order chi connectivity index (χ0) is 18.4. The quantitative estimate of drug-likeness (QED) is 0.271. The van der Waals surface area contributed by atoms with E-state index < -0.39 is 10.9 Å². The molecule has 0 aliphatic carbocycles. The van der Waals surface area contributed by atoms with Crippen LogP contribution in [-0.2, 0) is 0 Å². The lowest BCUT2D eigenvalue weighted by Crippen LogP contribution is -2.10. The molecular weight excluding hydrogens is 324 g/mol. The summed E-state index contributed by atoms with van der Waals surface area (Å²) in [5, 5.41) is 19.4. The Morgan fingerprint density at radius 2 is 2.00 bits per heavy atom. The molecule has 0 saturated heterocycles. The second kappa shape index (κ2) is 7.75. The van der Waals surface area contributed by atoms with E-state index in [2.05, 4.69) is 0 Å². The van der Waals surface area contributed by atoms with E-state index in [0.29, 0.717) is 16.9 Å². The first kappa shape index (κ1) is 17.7. The predicted octanol–water partition coefficient (Wildman–Crippen LogP) is 3.67. The number of rotatable bonds is 5. The maximum absolute atomic E-state index is 12.3. The number of benzene rings is 2. The van der Waals surface area contributed by atoms with Crippen LogP contribution in [0.2, 0.25) is 0 Å². The third-order valence-electron chi connectivity index (χ3n) is 3.37. The van der Waals surface area contributed by atoms with Crippen LogP contribution in [0.1, 0.15) is 21.5 Å². The minimum Gasteiger partial charge on any atom is -0.493 e. The number of carbonyl (C=O) groups is 1. The van der Waals surface area contributed by atoms with E-state index in [4.69, 9.17) is 14.7 Å². The van der Waals surface area contributed by atoms with Crippen molar-refractivity contribution in [3.8, 4) is 17.6 Å². The third-order valence-corrected chi connectivity index (χ3v) is 3.37. The van der Waals surface area contributed by atoms with E-state index in [1.807, 2.05) is 6.07 Å². The second-order valence-corrected chi connectivity index (χ2v) is 5.02. The van der Waals surface area contributed by atoms with Gasteiger partial charge >= 0.3 is 5.97 Å². The van der Waals surface area contributed by atoms with E-state index in [-0.39, 0.29) is 17.0 Å². The first-order chi connectivity index (χ1) is 12.0. The van der Waals surface area contributed by atoms with E-state index >= 15 is 0 Å². The van der Waals surface area contributed by atoms with Crippen LogP contribution >= 0.6 is 0 Å². The number of hydrogen-bond acceptors (Lipinski definition) is 6. The van der Waals surface area contributed by atoms with Gasteiger partial charge in [-0.1, -0.05) is 6.07 Å². The summed E-state index contributed by atoms with van der Waals surface area (Å²) in [6.07, 6.45) is 2.91. The summed E-state index contributed by atoms with van der Waals surface area (Å²) < 4.78 is 10.5. The van der Waals surface area contributed by atoms with Gasteiger partial charge in [-0.3, -0.25) is 10.1 Å². The van der Waals surface area contributed by atoms with E-state index in [1.54, 1.807) is 31.2 Å². The van der Waals surface area contributed by atoms with E-state index in [0.717, 1.165) is 0 Å². The largest absolute Gasteiger partial charge is 0.493 e. The van der Waals surface area contributed by atoms with Crippen LogP contribution in [-0.4, -0.2) is 18.0 Å². The lowest BCUT2D eigenvalue weighted by atomic mass is 10.1. The number of aryl methyl sites for hydroxylation is 1. The van der Waals surface area contributed by atoms with Crippen molar-refractivity contribution in [2.45, 2.75) is 6.92 Å². The topological polar surface area (TPSA) is 102 Å². The molecule has 7 nitrogen and oxygen atoms in total. The number of allylic oxidation sites excluding steroid dienone is 1. The highest BCUT2D eigenvalue weighted by atomic mass is 16.6. The van der Waals surface area contributed by atoms with Crippen molar-refractivity contribution < 1.29 is 19.2 Å². The number of nitriles is 1. The van der Waals surface area contributed by atoms with Gasteiger partial charge in [0.15, 0.2) is 11.5 Å². The van der Waals surface area contributed by atoms with Crippen LogP contribution < -0.4 is 9.47 Å². The van der Waals surface area contributed by atoms with Crippen molar-refractivity contribution in [1.82, 2.24) is 0 Å². The number of ether oxygens (including phenoxy) is 2. The molecule has 0 radical (unpaired) electrons. The molecule has 2 rings (SSSR count). The summed E-state index contributed by atoms with van der Waals surface area (Å²) in [7, 11) is 1.43. The second-order valence-electron chi connectivity index (χ2n) is 5.02. The molecule has 0 heterocycles. The monoisotopic (exact) mass is 338 g/mol. The molecule has 0 unspecified atom stereocenters. The summed E-state index contributed by atoms with van der Waals surface area (Å²) >= 11 is 0. The third kappa shape index (κ3) is 4.20. The van der Waals surface area contributed by atoms with Crippen molar-refractivity contribution in [1.29, 1.82) is 5.26 Å². The molecule has 0 aliphatic heterocycles. The first-order valence-electron chi connectivity index (χ1n) is 7.17. The first-order valence-corrected chi connectivity index (χ1v) is 7.17. The Morgan fingerprint density at radius 3 is 2.60 bits per heavy atom. The number of carbonyl (C=O) groups excluding carboxylic acids is 1. The van der Waals surface area contributed by atoms with Crippen molar-refractivity contribution in [2.24, 2.45) is 0 Å². The Morgan fingerprint density at radius 1 is 1.24 bits per heavy atom. The molecule has 25 heavy (non-hydrogen) atoms. The van der Waals surface area contributed by atoms with Crippen molar-refractivity contribution in [2.75, 3.05) is 7.11 Å². The minimum absolute atomic E-state index is 0.0669. The Kier molecular flexibility index (Phi) is 5.48. The fourth-order valence-electron chi connectivity index (χ4n) is 2.15. The van der Waals surface area contributed by atoms with E-state index in [9.17, 15) is 14.9 Å². The minimum atomic E-state index is -0.656. The van der Waals surface area contributed by atoms with Gasteiger partial charge < -0.3 is 9.47 Å². The molecule has 0 bridgehead atoms. The fraction of sp³-hybridized carbons (Fsp3) is 0.111. The maximum Gasteiger partial charge on any atom is 0.343 e. The number of esters is 1. The molecule has 0 spiro atoms. The molecule has 0 aromatic heterocycles. The van der Waals surface area contributed by atoms with Gasteiger partial charge in [0.05, 0.1) is 23.7 Å². The molecule has 0 fully saturated rings. The summed E-state index contributed by atoms with van der Waals surface area (Å²) in [4.78, 5) is 22.6. The molecule has 7 heteroatoms. The predicted molar refractivity (Wildman–Crippen MR) is 90.4 cm³/mol. The lowest BCUT2D eigenvalue weighted by molar-refractivity contribution is -0.385. The summed E-state index contributed by atoms with van der Waals surface area (Å²) in [6.45, 7) is 1.55. The summed E-state index contributed by atoms with van der Waals surface area (Å²) in [6, 6.07) is 10.7. The lowest BCUT2D eigenvalue weighted by Gasteiger charge is -2.10. The molecule has 0 atom stereocenters. The van der Waals surface area contributed by atoms with Gasteiger partial charge in [0.1, 0.15) is 0 Å².